The van der Waals surface area contributed by atoms with Crippen molar-refractivity contribution in [2.45, 2.75) is 43.6 Å². The number of aryl methyl sites for hydroxylation is 1. The van der Waals surface area contributed by atoms with E-state index in [0.717, 1.165) is 66.4 Å². The monoisotopic (exact) mass is 410 g/mol. The van der Waals surface area contributed by atoms with Gasteiger partial charge in [-0.25, -0.2) is 0 Å². The molecule has 0 aromatic heterocycles. The number of carbonyl (C=O) groups excluding carboxylic acids is 2. The summed E-state index contributed by atoms with van der Waals surface area (Å²) in [6.07, 6.45) is 4.34. The fourth-order valence-corrected chi connectivity index (χ4v) is 5.06. The summed E-state index contributed by atoms with van der Waals surface area (Å²) in [5, 5.41) is 3.03. The van der Waals surface area contributed by atoms with Gasteiger partial charge in [-0.05, 0) is 61.6 Å². The summed E-state index contributed by atoms with van der Waals surface area (Å²) in [4.78, 5) is 27.6. The highest BCUT2D eigenvalue weighted by molar-refractivity contribution is 7.99. The lowest BCUT2D eigenvalue weighted by Crippen LogP contribution is -2.33. The van der Waals surface area contributed by atoms with Crippen LogP contribution in [0.2, 0.25) is 0 Å². The largest absolute Gasteiger partial charge is 0.377 e. The van der Waals surface area contributed by atoms with E-state index in [-0.39, 0.29) is 17.9 Å². The van der Waals surface area contributed by atoms with E-state index in [0.29, 0.717) is 5.56 Å². The molecule has 0 saturated carbocycles. The van der Waals surface area contributed by atoms with Crippen molar-refractivity contribution in [2.24, 2.45) is 0 Å². The van der Waals surface area contributed by atoms with Crippen LogP contribution in [0.15, 0.2) is 47.4 Å². The van der Waals surface area contributed by atoms with Gasteiger partial charge >= 0.3 is 0 Å². The summed E-state index contributed by atoms with van der Waals surface area (Å²) >= 11 is 1.68. The Balaban J connectivity index is 1.47. The molecule has 1 atom stereocenters. The summed E-state index contributed by atoms with van der Waals surface area (Å²) in [5.74, 6) is 0.809. The van der Waals surface area contributed by atoms with Crippen molar-refractivity contribution >= 4 is 35.0 Å². The molecular formula is C23H26N2O3S. The van der Waals surface area contributed by atoms with Crippen LogP contribution in [0.25, 0.3) is 0 Å². The maximum atomic E-state index is 13.0. The molecule has 2 amide bonds. The van der Waals surface area contributed by atoms with Crippen LogP contribution < -0.4 is 10.2 Å². The third-order valence-electron chi connectivity index (χ3n) is 5.42. The summed E-state index contributed by atoms with van der Waals surface area (Å²) in [5.41, 5.74) is 3.50. The van der Waals surface area contributed by atoms with Crippen molar-refractivity contribution in [1.82, 2.24) is 0 Å². The number of ether oxygens (including phenoxy) is 1. The lowest BCUT2D eigenvalue weighted by Gasteiger charge is -2.29. The molecule has 2 heterocycles. The van der Waals surface area contributed by atoms with Crippen molar-refractivity contribution in [3.63, 3.8) is 0 Å². The molecule has 0 radical (unpaired) electrons. The van der Waals surface area contributed by atoms with E-state index < -0.39 is 0 Å². The number of carbonyl (C=O) groups is 2. The molecule has 0 bridgehead atoms. The number of fused-ring (bicyclic) bond motifs is 1. The average Bonchev–Trinajstić information content (AvgIpc) is 3.25. The Hall–Kier alpha value is -2.31. The lowest BCUT2D eigenvalue weighted by molar-refractivity contribution is -0.116. The predicted octanol–water partition coefficient (Wildman–Crippen LogP) is 4.51. The lowest BCUT2D eigenvalue weighted by atomic mass is 10.0. The molecule has 152 valence electrons. The van der Waals surface area contributed by atoms with Crippen LogP contribution in [0.4, 0.5) is 11.4 Å². The molecule has 1 unspecified atom stereocenters. The van der Waals surface area contributed by atoms with Crippen LogP contribution in [0.3, 0.4) is 0 Å². The number of amides is 2. The van der Waals surface area contributed by atoms with Crippen molar-refractivity contribution in [1.29, 1.82) is 0 Å². The first-order valence-corrected chi connectivity index (χ1v) is 11.2. The van der Waals surface area contributed by atoms with Gasteiger partial charge in [-0.1, -0.05) is 12.1 Å². The minimum atomic E-state index is -0.111. The Kier molecular flexibility index (Phi) is 6.21. The van der Waals surface area contributed by atoms with Crippen molar-refractivity contribution < 1.29 is 14.3 Å². The zero-order valence-corrected chi connectivity index (χ0v) is 17.5. The number of hydrogen-bond acceptors (Lipinski definition) is 4. The molecule has 29 heavy (non-hydrogen) atoms. The zero-order chi connectivity index (χ0) is 20.2. The first-order valence-electron chi connectivity index (χ1n) is 10.2. The number of nitrogens with zero attached hydrogens (tertiary/aromatic N) is 1. The van der Waals surface area contributed by atoms with Gasteiger partial charge in [-0.2, -0.15) is 0 Å². The fourth-order valence-electron chi connectivity index (χ4n) is 3.94. The minimum absolute atomic E-state index is 0.0555. The van der Waals surface area contributed by atoms with Crippen LogP contribution in [-0.4, -0.2) is 36.8 Å². The van der Waals surface area contributed by atoms with Gasteiger partial charge in [-0.3, -0.25) is 9.59 Å². The molecule has 2 aromatic rings. The van der Waals surface area contributed by atoms with E-state index in [9.17, 15) is 9.59 Å². The third kappa shape index (κ3) is 4.65. The first-order chi connectivity index (χ1) is 14.1. The zero-order valence-electron chi connectivity index (χ0n) is 16.6. The van der Waals surface area contributed by atoms with Crippen molar-refractivity contribution in [3.05, 3.63) is 53.6 Å². The van der Waals surface area contributed by atoms with Crippen molar-refractivity contribution in [3.8, 4) is 0 Å². The van der Waals surface area contributed by atoms with Crippen LogP contribution in [0, 0.1) is 0 Å². The van der Waals surface area contributed by atoms with Gasteiger partial charge in [0.25, 0.3) is 5.91 Å². The maximum absolute atomic E-state index is 13.0. The second-order valence-electron chi connectivity index (χ2n) is 7.51. The average molecular weight is 411 g/mol. The molecule has 5 nitrogen and oxygen atoms in total. The number of nitrogens with one attached hydrogen (secondary N) is 1. The Morgan fingerprint density at radius 1 is 1.21 bits per heavy atom. The van der Waals surface area contributed by atoms with E-state index in [2.05, 4.69) is 5.32 Å². The second kappa shape index (κ2) is 9.01. The van der Waals surface area contributed by atoms with E-state index in [1.807, 2.05) is 47.4 Å². The van der Waals surface area contributed by atoms with Crippen LogP contribution in [0.1, 0.15) is 42.1 Å². The summed E-state index contributed by atoms with van der Waals surface area (Å²) in [6, 6.07) is 13.5. The molecule has 2 aliphatic rings. The highest BCUT2D eigenvalue weighted by atomic mass is 32.2. The molecule has 2 aliphatic heterocycles. The van der Waals surface area contributed by atoms with Gasteiger partial charge in [-0.15, -0.1) is 11.8 Å². The minimum Gasteiger partial charge on any atom is -0.377 e. The number of benzene rings is 2. The Morgan fingerprint density at radius 2 is 2.07 bits per heavy atom. The predicted molar refractivity (Wildman–Crippen MR) is 117 cm³/mol. The Bertz CT molecular complexity index is 909. The van der Waals surface area contributed by atoms with E-state index in [4.69, 9.17) is 4.74 Å². The van der Waals surface area contributed by atoms with Gasteiger partial charge in [0.2, 0.25) is 5.91 Å². The van der Waals surface area contributed by atoms with Gasteiger partial charge in [0.15, 0.2) is 0 Å². The summed E-state index contributed by atoms with van der Waals surface area (Å²) < 4.78 is 5.70. The van der Waals surface area contributed by atoms with Gasteiger partial charge in [0.05, 0.1) is 11.7 Å². The molecule has 0 aliphatic carbocycles. The van der Waals surface area contributed by atoms with Crippen LogP contribution in [-0.2, 0) is 16.0 Å². The highest BCUT2D eigenvalue weighted by Gasteiger charge is 2.21. The molecule has 1 saturated heterocycles. The van der Waals surface area contributed by atoms with Crippen LogP contribution >= 0.6 is 11.8 Å². The Morgan fingerprint density at radius 3 is 2.86 bits per heavy atom. The SMILES string of the molecule is CC(=O)N1CCCc2cc(NC(=O)c3ccccc3SCC3CCCO3)ccc21. The molecule has 4 rings (SSSR count). The summed E-state index contributed by atoms with van der Waals surface area (Å²) in [7, 11) is 0. The number of hydrogen-bond donors (Lipinski definition) is 1. The van der Waals surface area contributed by atoms with Gasteiger partial charge in [0.1, 0.15) is 0 Å². The van der Waals surface area contributed by atoms with E-state index >= 15 is 0 Å². The number of rotatable bonds is 5. The second-order valence-corrected chi connectivity index (χ2v) is 8.58. The molecule has 1 N–H and O–H groups in total. The standard InChI is InChI=1S/C23H26N2O3S/c1-16(26)25-12-4-6-17-14-18(10-11-21(17)25)24-23(27)20-8-2-3-9-22(20)29-15-19-7-5-13-28-19/h2-3,8-11,14,19H,4-7,12-13,15H2,1H3,(H,24,27). The smallest absolute Gasteiger partial charge is 0.256 e. The molecule has 2 aromatic carbocycles. The van der Waals surface area contributed by atoms with Crippen LogP contribution in [0.5, 0.6) is 0 Å². The van der Waals surface area contributed by atoms with Gasteiger partial charge < -0.3 is 15.0 Å². The van der Waals surface area contributed by atoms with E-state index in [1.165, 1.54) is 0 Å². The topological polar surface area (TPSA) is 58.6 Å². The molecule has 0 spiro atoms. The maximum Gasteiger partial charge on any atom is 0.256 e. The number of thioether (sulfide) groups is 1. The molecule has 1 fully saturated rings. The van der Waals surface area contributed by atoms with Crippen molar-refractivity contribution in [2.75, 3.05) is 29.1 Å². The normalized spacial score (nSPS) is 18.4. The molecule has 6 heteroatoms. The Labute approximate surface area is 175 Å². The summed E-state index contributed by atoms with van der Waals surface area (Å²) in [6.45, 7) is 3.19. The highest BCUT2D eigenvalue weighted by Crippen LogP contribution is 2.31. The van der Waals surface area contributed by atoms with E-state index in [1.54, 1.807) is 18.7 Å². The molecular weight excluding hydrogens is 384 g/mol. The number of anilines is 2. The quantitative estimate of drug-likeness (QED) is 0.737. The fraction of sp³-hybridized carbons (Fsp3) is 0.391. The first kappa shape index (κ1) is 20.0. The van der Waals surface area contributed by atoms with Gasteiger partial charge in [0, 0.05) is 42.1 Å². The third-order valence-corrected chi connectivity index (χ3v) is 6.62.